The molecule has 0 saturated carbocycles. The quantitative estimate of drug-likeness (QED) is 0.489. The molecule has 27 heavy (non-hydrogen) atoms. The van der Waals surface area contributed by atoms with Gasteiger partial charge in [0.25, 0.3) is 0 Å². The van der Waals surface area contributed by atoms with E-state index in [1.165, 1.54) is 0 Å². The van der Waals surface area contributed by atoms with Gasteiger partial charge in [-0.15, -0.1) is 0 Å². The molecule has 4 rings (SSSR count). The molecule has 0 aliphatic carbocycles. The average Bonchev–Trinajstić information content (AvgIpc) is 2.72. The van der Waals surface area contributed by atoms with Gasteiger partial charge in [0.1, 0.15) is 23.3 Å². The van der Waals surface area contributed by atoms with Gasteiger partial charge in [0.15, 0.2) is 0 Å². The minimum Gasteiger partial charge on any atom is -0.325 e. The minimum atomic E-state index is 0. The number of nitrogens with zero attached hydrogens (tertiary/aromatic N) is 4. The Morgan fingerprint density at radius 3 is 0.852 bits per heavy atom. The Morgan fingerprint density at radius 1 is 0.407 bits per heavy atom. The Labute approximate surface area is 168 Å². The zero-order chi connectivity index (χ0) is 17.9. The largest absolute Gasteiger partial charge is 0.325 e. The van der Waals surface area contributed by atoms with Crippen LogP contribution >= 0.6 is 0 Å². The van der Waals surface area contributed by atoms with Gasteiger partial charge in [-0.05, 0) is 48.5 Å². The molecule has 2 N–H and O–H groups in total. The minimum absolute atomic E-state index is 0. The van der Waals surface area contributed by atoms with Gasteiger partial charge in [-0.3, -0.25) is 0 Å². The molecule has 4 heterocycles. The number of rotatable bonds is 4. The van der Waals surface area contributed by atoms with Gasteiger partial charge in [-0.25, -0.2) is 19.9 Å². The van der Waals surface area contributed by atoms with Crippen molar-refractivity contribution in [2.75, 3.05) is 10.6 Å². The van der Waals surface area contributed by atoms with Crippen molar-refractivity contribution in [2.45, 2.75) is 0 Å². The van der Waals surface area contributed by atoms with Crippen LogP contribution in [0.2, 0.25) is 0 Å². The first-order chi connectivity index (χ1) is 12.9. The summed E-state index contributed by atoms with van der Waals surface area (Å²) in [5.41, 5.74) is 0. The van der Waals surface area contributed by atoms with Crippen LogP contribution in [0.15, 0.2) is 97.6 Å². The maximum atomic E-state index is 4.12. The topological polar surface area (TPSA) is 75.6 Å². The standard InChI is InChI=1S/2C10H9N3.Cu/c2*1-3-7-11-9(5-1)13-10-6-2-4-8-12-10;/h2*1-8H,(H,11,12,13);. The number of anilines is 4. The molecule has 7 heteroatoms. The molecule has 0 aliphatic heterocycles. The van der Waals surface area contributed by atoms with Crippen molar-refractivity contribution in [2.24, 2.45) is 0 Å². The molecule has 4 aromatic heterocycles. The molecule has 4 aromatic rings. The van der Waals surface area contributed by atoms with E-state index in [0.29, 0.717) is 0 Å². The Morgan fingerprint density at radius 2 is 0.667 bits per heavy atom. The third kappa shape index (κ3) is 7.23. The first-order valence-corrected chi connectivity index (χ1v) is 8.08. The van der Waals surface area contributed by atoms with Gasteiger partial charge < -0.3 is 10.6 Å². The van der Waals surface area contributed by atoms with Crippen LogP contribution in [0.1, 0.15) is 0 Å². The molecule has 0 aliphatic rings. The van der Waals surface area contributed by atoms with Gasteiger partial charge in [-0.2, -0.15) is 0 Å². The summed E-state index contributed by atoms with van der Waals surface area (Å²) in [6.45, 7) is 0. The van der Waals surface area contributed by atoms with Gasteiger partial charge >= 0.3 is 0 Å². The van der Waals surface area contributed by atoms with Gasteiger partial charge in [0.05, 0.1) is 0 Å². The molecule has 0 atom stereocenters. The number of nitrogens with one attached hydrogen (secondary N) is 2. The SMILES string of the molecule is [Cu].c1ccc(Nc2ccccn2)nc1.c1ccc(Nc2ccccn2)nc1. The predicted molar refractivity (Wildman–Crippen MR) is 104 cm³/mol. The second-order valence-corrected chi connectivity index (χ2v) is 5.11. The monoisotopic (exact) mass is 405 g/mol. The fourth-order valence-corrected chi connectivity index (χ4v) is 2.01. The summed E-state index contributed by atoms with van der Waals surface area (Å²) in [7, 11) is 0. The average molecular weight is 406 g/mol. The zero-order valence-electron chi connectivity index (χ0n) is 14.3. The second-order valence-electron chi connectivity index (χ2n) is 5.11. The van der Waals surface area contributed by atoms with E-state index in [4.69, 9.17) is 0 Å². The van der Waals surface area contributed by atoms with Crippen molar-refractivity contribution < 1.29 is 17.1 Å². The summed E-state index contributed by atoms with van der Waals surface area (Å²) in [6, 6.07) is 22.8. The molecule has 0 spiro atoms. The Kier molecular flexibility index (Phi) is 8.43. The number of pyridine rings is 4. The molecule has 0 saturated heterocycles. The van der Waals surface area contributed by atoms with Crippen molar-refractivity contribution in [1.29, 1.82) is 0 Å². The van der Waals surface area contributed by atoms with E-state index in [1.54, 1.807) is 24.8 Å². The van der Waals surface area contributed by atoms with Crippen molar-refractivity contribution in [3.63, 3.8) is 0 Å². The van der Waals surface area contributed by atoms with Crippen LogP contribution in [0.5, 0.6) is 0 Å². The van der Waals surface area contributed by atoms with E-state index < -0.39 is 0 Å². The van der Waals surface area contributed by atoms with Crippen LogP contribution in [-0.4, -0.2) is 19.9 Å². The van der Waals surface area contributed by atoms with Gasteiger partial charge in [-0.1, -0.05) is 24.3 Å². The molecule has 0 amide bonds. The van der Waals surface area contributed by atoms with E-state index in [0.717, 1.165) is 23.3 Å². The molecule has 6 nitrogen and oxygen atoms in total. The van der Waals surface area contributed by atoms with Crippen molar-refractivity contribution in [1.82, 2.24) is 19.9 Å². The molecule has 0 aromatic carbocycles. The smallest absolute Gasteiger partial charge is 0.131 e. The van der Waals surface area contributed by atoms with E-state index >= 15 is 0 Å². The summed E-state index contributed by atoms with van der Waals surface area (Å²) in [6.07, 6.45) is 6.97. The van der Waals surface area contributed by atoms with Gasteiger partial charge in [0.2, 0.25) is 0 Å². The zero-order valence-corrected chi connectivity index (χ0v) is 15.3. The predicted octanol–water partition coefficient (Wildman–Crippen LogP) is 4.44. The number of aromatic nitrogens is 4. The van der Waals surface area contributed by atoms with E-state index in [-0.39, 0.29) is 17.1 Å². The molecule has 0 bridgehead atoms. The summed E-state index contributed by atoms with van der Waals surface area (Å²) in [5, 5.41) is 6.16. The van der Waals surface area contributed by atoms with Crippen LogP contribution in [0.4, 0.5) is 23.3 Å². The first kappa shape index (κ1) is 20.0. The van der Waals surface area contributed by atoms with E-state index in [2.05, 4.69) is 30.6 Å². The molecule has 0 fully saturated rings. The third-order valence-electron chi connectivity index (χ3n) is 3.17. The Hall–Kier alpha value is -3.28. The van der Waals surface area contributed by atoms with E-state index in [9.17, 15) is 0 Å². The van der Waals surface area contributed by atoms with Crippen LogP contribution in [0.25, 0.3) is 0 Å². The first-order valence-electron chi connectivity index (χ1n) is 8.08. The summed E-state index contributed by atoms with van der Waals surface area (Å²) in [4.78, 5) is 16.5. The molecule has 1 radical (unpaired) electrons. The van der Waals surface area contributed by atoms with Crippen LogP contribution in [0, 0.1) is 0 Å². The molecular weight excluding hydrogens is 388 g/mol. The van der Waals surface area contributed by atoms with Crippen LogP contribution in [-0.2, 0) is 17.1 Å². The number of hydrogen-bond donors (Lipinski definition) is 2. The Balaban J connectivity index is 0.000000187. The van der Waals surface area contributed by atoms with Crippen LogP contribution < -0.4 is 10.6 Å². The third-order valence-corrected chi connectivity index (χ3v) is 3.17. The summed E-state index contributed by atoms with van der Waals surface area (Å²) < 4.78 is 0. The summed E-state index contributed by atoms with van der Waals surface area (Å²) in [5.74, 6) is 3.23. The fraction of sp³-hybridized carbons (Fsp3) is 0. The molecular formula is C20H18CuN6. The van der Waals surface area contributed by atoms with Crippen molar-refractivity contribution in [3.8, 4) is 0 Å². The summed E-state index contributed by atoms with van der Waals surface area (Å²) >= 11 is 0. The molecule has 0 unspecified atom stereocenters. The van der Waals surface area contributed by atoms with Gasteiger partial charge in [0, 0.05) is 41.9 Å². The second kappa shape index (κ2) is 11.4. The van der Waals surface area contributed by atoms with Crippen molar-refractivity contribution in [3.05, 3.63) is 97.6 Å². The molecule has 139 valence electrons. The maximum absolute atomic E-state index is 4.12. The van der Waals surface area contributed by atoms with Crippen molar-refractivity contribution >= 4 is 23.3 Å². The number of hydrogen-bond acceptors (Lipinski definition) is 6. The van der Waals surface area contributed by atoms with Crippen LogP contribution in [0.3, 0.4) is 0 Å². The Bertz CT molecular complexity index is 725. The fourth-order valence-electron chi connectivity index (χ4n) is 2.01. The normalized spacial score (nSPS) is 9.19. The van der Waals surface area contributed by atoms with E-state index in [1.807, 2.05) is 72.8 Å². The maximum Gasteiger partial charge on any atom is 0.131 e.